The first-order chi connectivity index (χ1) is 14.2. The fraction of sp³-hybridized carbons (Fsp3) is 0.130. The number of rotatable bonds is 7. The lowest BCUT2D eigenvalue weighted by atomic mass is 10.1. The van der Waals surface area contributed by atoms with Crippen molar-refractivity contribution in [1.82, 2.24) is 10.1 Å². The van der Waals surface area contributed by atoms with Crippen LogP contribution in [0.4, 0.5) is 0 Å². The molecule has 4 aromatic rings. The SMILES string of the molecule is COc1cccc(C(=O)N(Cc2ccccc2)Cc2cc(-c3ccco3)on2)c1. The van der Waals surface area contributed by atoms with Gasteiger partial charge in [0.2, 0.25) is 5.76 Å². The second kappa shape index (κ2) is 8.48. The van der Waals surface area contributed by atoms with Gasteiger partial charge in [0, 0.05) is 18.2 Å². The third-order valence-corrected chi connectivity index (χ3v) is 4.50. The molecule has 29 heavy (non-hydrogen) atoms. The minimum atomic E-state index is -0.115. The second-order valence-electron chi connectivity index (χ2n) is 6.54. The van der Waals surface area contributed by atoms with Crippen LogP contribution in [0.2, 0.25) is 0 Å². The average Bonchev–Trinajstić information content (AvgIpc) is 3.45. The van der Waals surface area contributed by atoms with E-state index in [9.17, 15) is 4.79 Å². The molecule has 2 aromatic carbocycles. The summed E-state index contributed by atoms with van der Waals surface area (Å²) in [6.45, 7) is 0.745. The molecule has 0 aliphatic heterocycles. The molecule has 2 aromatic heterocycles. The smallest absolute Gasteiger partial charge is 0.254 e. The van der Waals surface area contributed by atoms with Crippen LogP contribution in [0.25, 0.3) is 11.5 Å². The first-order valence-electron chi connectivity index (χ1n) is 9.19. The van der Waals surface area contributed by atoms with Gasteiger partial charge in [0.1, 0.15) is 11.4 Å². The normalized spacial score (nSPS) is 10.7. The van der Waals surface area contributed by atoms with Gasteiger partial charge in [-0.05, 0) is 35.9 Å². The molecule has 0 N–H and O–H groups in total. The Balaban J connectivity index is 1.60. The summed E-state index contributed by atoms with van der Waals surface area (Å²) in [6, 6.07) is 22.3. The van der Waals surface area contributed by atoms with Gasteiger partial charge >= 0.3 is 0 Å². The third kappa shape index (κ3) is 4.38. The maximum Gasteiger partial charge on any atom is 0.254 e. The lowest BCUT2D eigenvalue weighted by Crippen LogP contribution is -2.30. The highest BCUT2D eigenvalue weighted by Crippen LogP contribution is 2.23. The van der Waals surface area contributed by atoms with E-state index in [1.54, 1.807) is 54.7 Å². The number of carbonyl (C=O) groups is 1. The van der Waals surface area contributed by atoms with E-state index in [1.165, 1.54) is 0 Å². The lowest BCUT2D eigenvalue weighted by molar-refractivity contribution is 0.0726. The van der Waals surface area contributed by atoms with Crippen LogP contribution in [0, 0.1) is 0 Å². The molecule has 0 unspecified atom stereocenters. The van der Waals surface area contributed by atoms with Crippen molar-refractivity contribution in [3.63, 3.8) is 0 Å². The summed E-state index contributed by atoms with van der Waals surface area (Å²) in [5.41, 5.74) is 2.22. The molecule has 0 saturated carbocycles. The molecule has 0 aliphatic carbocycles. The predicted molar refractivity (Wildman–Crippen MR) is 107 cm³/mol. The van der Waals surface area contributed by atoms with E-state index in [1.807, 2.05) is 36.4 Å². The van der Waals surface area contributed by atoms with Gasteiger partial charge in [-0.3, -0.25) is 4.79 Å². The van der Waals surface area contributed by atoms with Gasteiger partial charge in [-0.15, -0.1) is 0 Å². The lowest BCUT2D eigenvalue weighted by Gasteiger charge is -2.22. The van der Waals surface area contributed by atoms with Crippen LogP contribution in [-0.4, -0.2) is 23.1 Å². The Labute approximate surface area is 168 Å². The van der Waals surface area contributed by atoms with Gasteiger partial charge in [-0.2, -0.15) is 0 Å². The Bertz CT molecular complexity index is 1070. The Kier molecular flexibility index (Phi) is 5.42. The van der Waals surface area contributed by atoms with E-state index in [-0.39, 0.29) is 5.91 Å². The van der Waals surface area contributed by atoms with E-state index in [4.69, 9.17) is 13.7 Å². The molecular formula is C23H20N2O4. The highest BCUT2D eigenvalue weighted by atomic mass is 16.5. The zero-order valence-corrected chi connectivity index (χ0v) is 15.9. The van der Waals surface area contributed by atoms with Crippen LogP contribution in [0.3, 0.4) is 0 Å². The minimum absolute atomic E-state index is 0.115. The molecule has 0 bridgehead atoms. The summed E-state index contributed by atoms with van der Waals surface area (Å²) in [6.07, 6.45) is 1.57. The van der Waals surface area contributed by atoms with E-state index in [0.717, 1.165) is 5.56 Å². The van der Waals surface area contributed by atoms with Crippen LogP contribution in [0.1, 0.15) is 21.6 Å². The Morgan fingerprint density at radius 2 is 1.83 bits per heavy atom. The number of amides is 1. The zero-order valence-electron chi connectivity index (χ0n) is 15.9. The van der Waals surface area contributed by atoms with Gasteiger partial charge in [-0.25, -0.2) is 0 Å². The highest BCUT2D eigenvalue weighted by molar-refractivity contribution is 5.94. The average molecular weight is 388 g/mol. The molecule has 6 heteroatoms. The minimum Gasteiger partial charge on any atom is -0.497 e. The fourth-order valence-corrected chi connectivity index (χ4v) is 3.06. The summed E-state index contributed by atoms with van der Waals surface area (Å²) in [7, 11) is 1.58. The van der Waals surface area contributed by atoms with Crippen molar-refractivity contribution < 1.29 is 18.5 Å². The van der Waals surface area contributed by atoms with Gasteiger partial charge < -0.3 is 18.6 Å². The summed E-state index contributed by atoms with van der Waals surface area (Å²) in [5.74, 6) is 1.64. The van der Waals surface area contributed by atoms with Crippen molar-refractivity contribution >= 4 is 5.91 Å². The molecule has 0 radical (unpaired) electrons. The number of aromatic nitrogens is 1. The number of carbonyl (C=O) groups excluding carboxylic acids is 1. The quantitative estimate of drug-likeness (QED) is 0.455. The number of nitrogens with zero attached hydrogens (tertiary/aromatic N) is 2. The van der Waals surface area contributed by atoms with Crippen molar-refractivity contribution in [3.05, 3.63) is 95.9 Å². The van der Waals surface area contributed by atoms with Gasteiger partial charge in [0.25, 0.3) is 5.91 Å². The summed E-state index contributed by atoms with van der Waals surface area (Å²) >= 11 is 0. The number of ether oxygens (including phenoxy) is 1. The zero-order chi connectivity index (χ0) is 20.1. The highest BCUT2D eigenvalue weighted by Gasteiger charge is 2.20. The van der Waals surface area contributed by atoms with E-state index in [0.29, 0.717) is 41.6 Å². The summed E-state index contributed by atoms with van der Waals surface area (Å²) < 4.78 is 16.0. The first kappa shape index (κ1) is 18.6. The largest absolute Gasteiger partial charge is 0.497 e. The second-order valence-corrected chi connectivity index (χ2v) is 6.54. The van der Waals surface area contributed by atoms with Crippen molar-refractivity contribution in [2.45, 2.75) is 13.1 Å². The van der Waals surface area contributed by atoms with Crippen molar-refractivity contribution in [2.24, 2.45) is 0 Å². The molecule has 0 atom stereocenters. The fourth-order valence-electron chi connectivity index (χ4n) is 3.06. The maximum atomic E-state index is 13.3. The number of hydrogen-bond acceptors (Lipinski definition) is 5. The van der Waals surface area contributed by atoms with E-state index < -0.39 is 0 Å². The number of furan rings is 1. The van der Waals surface area contributed by atoms with Crippen molar-refractivity contribution in [2.75, 3.05) is 7.11 Å². The number of hydrogen-bond donors (Lipinski definition) is 0. The third-order valence-electron chi connectivity index (χ3n) is 4.50. The monoisotopic (exact) mass is 388 g/mol. The molecule has 0 fully saturated rings. The van der Waals surface area contributed by atoms with Gasteiger partial charge in [0.05, 0.1) is 19.9 Å². The molecule has 1 amide bonds. The molecule has 0 saturated heterocycles. The molecule has 0 aliphatic rings. The Morgan fingerprint density at radius 1 is 0.966 bits per heavy atom. The summed E-state index contributed by atoms with van der Waals surface area (Å²) in [5, 5.41) is 4.11. The molecule has 146 valence electrons. The molecular weight excluding hydrogens is 368 g/mol. The number of benzene rings is 2. The molecule has 6 nitrogen and oxygen atoms in total. The van der Waals surface area contributed by atoms with Crippen LogP contribution in [0.5, 0.6) is 5.75 Å². The van der Waals surface area contributed by atoms with E-state index in [2.05, 4.69) is 5.16 Å². The van der Waals surface area contributed by atoms with Crippen LogP contribution >= 0.6 is 0 Å². The van der Waals surface area contributed by atoms with E-state index >= 15 is 0 Å². The Hall–Kier alpha value is -3.80. The van der Waals surface area contributed by atoms with Crippen LogP contribution in [0.15, 0.2) is 88.0 Å². The Morgan fingerprint density at radius 3 is 2.59 bits per heavy atom. The van der Waals surface area contributed by atoms with Crippen molar-refractivity contribution in [1.29, 1.82) is 0 Å². The standard InChI is InChI=1S/C23H20N2O4/c1-27-20-10-5-9-18(13-20)23(26)25(15-17-7-3-2-4-8-17)16-19-14-22(29-24-19)21-11-6-12-28-21/h2-14H,15-16H2,1H3. The topological polar surface area (TPSA) is 68.7 Å². The van der Waals surface area contributed by atoms with Crippen molar-refractivity contribution in [3.8, 4) is 17.3 Å². The summed E-state index contributed by atoms with van der Waals surface area (Å²) in [4.78, 5) is 15.0. The molecule has 2 heterocycles. The van der Waals surface area contributed by atoms with Crippen LogP contribution < -0.4 is 4.74 Å². The molecule has 0 spiro atoms. The molecule has 4 rings (SSSR count). The maximum absolute atomic E-state index is 13.3. The van der Waals surface area contributed by atoms with Gasteiger partial charge in [0.15, 0.2) is 5.76 Å². The van der Waals surface area contributed by atoms with Gasteiger partial charge in [-0.1, -0.05) is 41.6 Å². The van der Waals surface area contributed by atoms with Crippen LogP contribution in [-0.2, 0) is 13.1 Å². The predicted octanol–water partition coefficient (Wildman–Crippen LogP) is 4.79. The number of methoxy groups -OCH3 is 1. The first-order valence-corrected chi connectivity index (χ1v) is 9.19.